The van der Waals surface area contributed by atoms with Gasteiger partial charge in [-0.05, 0) is 36.8 Å². The molecule has 88 valence electrons. The van der Waals surface area contributed by atoms with E-state index < -0.39 is 0 Å². The molecule has 0 unspecified atom stereocenters. The monoisotopic (exact) mass is 248 g/mol. The standard InChI is InChI=1S/C13H13ClN2O/c1-9-4-5-10(14)7-12(9)16-13(17)8-11-3-2-6-15-11/h2-7,15H,8H2,1H3,(H,16,17). The first-order valence-corrected chi connectivity index (χ1v) is 5.71. The van der Waals surface area contributed by atoms with Gasteiger partial charge in [0.1, 0.15) is 0 Å². The smallest absolute Gasteiger partial charge is 0.230 e. The van der Waals surface area contributed by atoms with Crippen molar-refractivity contribution in [2.24, 2.45) is 0 Å². The Kier molecular flexibility index (Phi) is 3.49. The first-order valence-electron chi connectivity index (χ1n) is 5.33. The van der Waals surface area contributed by atoms with Gasteiger partial charge >= 0.3 is 0 Å². The van der Waals surface area contributed by atoms with Gasteiger partial charge in [0.25, 0.3) is 0 Å². The van der Waals surface area contributed by atoms with E-state index in [0.29, 0.717) is 11.4 Å². The molecule has 0 aliphatic heterocycles. The van der Waals surface area contributed by atoms with Crippen LogP contribution >= 0.6 is 11.6 Å². The summed E-state index contributed by atoms with van der Waals surface area (Å²) in [7, 11) is 0. The van der Waals surface area contributed by atoms with E-state index in [4.69, 9.17) is 11.6 Å². The van der Waals surface area contributed by atoms with E-state index in [1.165, 1.54) is 0 Å². The molecule has 17 heavy (non-hydrogen) atoms. The highest BCUT2D eigenvalue weighted by Crippen LogP contribution is 2.20. The molecule has 2 rings (SSSR count). The summed E-state index contributed by atoms with van der Waals surface area (Å²) in [4.78, 5) is 14.8. The number of anilines is 1. The Balaban J connectivity index is 2.05. The number of hydrogen-bond acceptors (Lipinski definition) is 1. The quantitative estimate of drug-likeness (QED) is 0.861. The Bertz CT molecular complexity index is 520. The molecule has 0 saturated carbocycles. The molecule has 2 aromatic rings. The van der Waals surface area contributed by atoms with Gasteiger partial charge in [-0.1, -0.05) is 17.7 Å². The van der Waals surface area contributed by atoms with Crippen LogP contribution in [0.1, 0.15) is 11.3 Å². The zero-order chi connectivity index (χ0) is 12.3. The summed E-state index contributed by atoms with van der Waals surface area (Å²) in [5, 5.41) is 3.46. The number of rotatable bonds is 3. The molecule has 1 heterocycles. The Morgan fingerprint density at radius 2 is 2.24 bits per heavy atom. The largest absolute Gasteiger partial charge is 0.365 e. The zero-order valence-electron chi connectivity index (χ0n) is 9.46. The van der Waals surface area contributed by atoms with Crippen LogP contribution in [-0.2, 0) is 11.2 Å². The third kappa shape index (κ3) is 3.11. The summed E-state index contributed by atoms with van der Waals surface area (Å²) in [5.74, 6) is -0.0576. The summed E-state index contributed by atoms with van der Waals surface area (Å²) in [6.45, 7) is 1.93. The van der Waals surface area contributed by atoms with Gasteiger partial charge in [-0.3, -0.25) is 4.79 Å². The lowest BCUT2D eigenvalue weighted by molar-refractivity contribution is -0.115. The molecule has 0 bridgehead atoms. The van der Waals surface area contributed by atoms with Gasteiger partial charge < -0.3 is 10.3 Å². The fourth-order valence-corrected chi connectivity index (χ4v) is 1.75. The molecule has 1 amide bonds. The normalized spacial score (nSPS) is 10.2. The maximum absolute atomic E-state index is 11.8. The highest BCUT2D eigenvalue weighted by Gasteiger charge is 2.06. The van der Waals surface area contributed by atoms with Crippen molar-refractivity contribution in [2.75, 3.05) is 5.32 Å². The molecule has 0 saturated heterocycles. The Hall–Kier alpha value is -1.74. The van der Waals surface area contributed by atoms with Crippen LogP contribution in [0.5, 0.6) is 0 Å². The SMILES string of the molecule is Cc1ccc(Cl)cc1NC(=O)Cc1ccc[nH]1. The average molecular weight is 249 g/mol. The minimum atomic E-state index is -0.0576. The van der Waals surface area contributed by atoms with Crippen molar-refractivity contribution in [3.05, 3.63) is 52.8 Å². The highest BCUT2D eigenvalue weighted by molar-refractivity contribution is 6.31. The van der Waals surface area contributed by atoms with Crippen LogP contribution in [0.3, 0.4) is 0 Å². The molecular weight excluding hydrogens is 236 g/mol. The van der Waals surface area contributed by atoms with Gasteiger partial charge in [0.2, 0.25) is 5.91 Å². The molecule has 0 atom stereocenters. The number of carbonyl (C=O) groups excluding carboxylic acids is 1. The van der Waals surface area contributed by atoms with Crippen molar-refractivity contribution in [1.29, 1.82) is 0 Å². The fourth-order valence-electron chi connectivity index (χ4n) is 1.57. The molecule has 4 heteroatoms. The summed E-state index contributed by atoms with van der Waals surface area (Å²) < 4.78 is 0. The van der Waals surface area contributed by atoms with Crippen molar-refractivity contribution >= 4 is 23.2 Å². The number of benzene rings is 1. The number of amides is 1. The molecule has 2 N–H and O–H groups in total. The first kappa shape index (κ1) is 11.7. The zero-order valence-corrected chi connectivity index (χ0v) is 10.2. The van der Waals surface area contributed by atoms with Crippen molar-refractivity contribution < 1.29 is 4.79 Å². The van der Waals surface area contributed by atoms with Crippen LogP contribution in [0.15, 0.2) is 36.5 Å². The van der Waals surface area contributed by atoms with Crippen LogP contribution in [0.2, 0.25) is 5.02 Å². The second kappa shape index (κ2) is 5.06. The lowest BCUT2D eigenvalue weighted by Gasteiger charge is -2.08. The van der Waals surface area contributed by atoms with Crippen LogP contribution in [0.4, 0.5) is 5.69 Å². The number of carbonyl (C=O) groups is 1. The molecule has 0 aliphatic rings. The minimum Gasteiger partial charge on any atom is -0.365 e. The summed E-state index contributed by atoms with van der Waals surface area (Å²) in [6.07, 6.45) is 2.13. The number of H-pyrrole nitrogens is 1. The second-order valence-corrected chi connectivity index (χ2v) is 4.32. The lowest BCUT2D eigenvalue weighted by atomic mass is 10.2. The molecule has 3 nitrogen and oxygen atoms in total. The number of hydrogen-bond donors (Lipinski definition) is 2. The highest BCUT2D eigenvalue weighted by atomic mass is 35.5. The molecule has 1 aromatic heterocycles. The van der Waals surface area contributed by atoms with Gasteiger partial charge in [-0.2, -0.15) is 0 Å². The Morgan fingerprint density at radius 1 is 1.41 bits per heavy atom. The van der Waals surface area contributed by atoms with E-state index in [-0.39, 0.29) is 5.91 Å². The third-order valence-corrected chi connectivity index (χ3v) is 2.72. The third-order valence-electron chi connectivity index (χ3n) is 2.49. The molecule has 0 fully saturated rings. The molecule has 0 radical (unpaired) electrons. The van der Waals surface area contributed by atoms with Gasteiger partial charge in [-0.25, -0.2) is 0 Å². The fraction of sp³-hybridized carbons (Fsp3) is 0.154. The maximum atomic E-state index is 11.8. The summed E-state index contributed by atoms with van der Waals surface area (Å²) in [6, 6.07) is 9.19. The van der Waals surface area contributed by atoms with E-state index in [9.17, 15) is 4.79 Å². The molecule has 0 spiro atoms. The van der Waals surface area contributed by atoms with Crippen molar-refractivity contribution in [3.8, 4) is 0 Å². The number of aromatic nitrogens is 1. The first-order chi connectivity index (χ1) is 8.15. The van der Waals surface area contributed by atoms with Crippen LogP contribution < -0.4 is 5.32 Å². The predicted octanol–water partition coefficient (Wildman–Crippen LogP) is 3.16. The van der Waals surface area contributed by atoms with Crippen molar-refractivity contribution in [2.45, 2.75) is 13.3 Å². The van der Waals surface area contributed by atoms with E-state index in [0.717, 1.165) is 16.9 Å². The second-order valence-electron chi connectivity index (χ2n) is 3.88. The Morgan fingerprint density at radius 3 is 2.94 bits per heavy atom. The van der Waals surface area contributed by atoms with Crippen LogP contribution in [-0.4, -0.2) is 10.9 Å². The molecule has 1 aromatic carbocycles. The van der Waals surface area contributed by atoms with E-state index in [2.05, 4.69) is 10.3 Å². The lowest BCUT2D eigenvalue weighted by Crippen LogP contribution is -2.15. The topological polar surface area (TPSA) is 44.9 Å². The van der Waals surface area contributed by atoms with Gasteiger partial charge in [0.15, 0.2) is 0 Å². The van der Waals surface area contributed by atoms with Crippen molar-refractivity contribution in [3.63, 3.8) is 0 Å². The minimum absolute atomic E-state index is 0.0576. The summed E-state index contributed by atoms with van der Waals surface area (Å²) in [5.41, 5.74) is 2.64. The van der Waals surface area contributed by atoms with Crippen LogP contribution in [0, 0.1) is 6.92 Å². The predicted molar refractivity (Wildman–Crippen MR) is 69.3 cm³/mol. The van der Waals surface area contributed by atoms with E-state index in [1.54, 1.807) is 18.3 Å². The Labute approximate surface area is 105 Å². The van der Waals surface area contributed by atoms with E-state index >= 15 is 0 Å². The number of aryl methyl sites for hydroxylation is 1. The van der Waals surface area contributed by atoms with Gasteiger partial charge in [0, 0.05) is 22.6 Å². The van der Waals surface area contributed by atoms with Crippen LogP contribution in [0.25, 0.3) is 0 Å². The van der Waals surface area contributed by atoms with Crippen molar-refractivity contribution in [1.82, 2.24) is 4.98 Å². The molecule has 0 aliphatic carbocycles. The van der Waals surface area contributed by atoms with Gasteiger partial charge in [0.05, 0.1) is 6.42 Å². The van der Waals surface area contributed by atoms with E-state index in [1.807, 2.05) is 25.1 Å². The maximum Gasteiger partial charge on any atom is 0.230 e. The average Bonchev–Trinajstić information content (AvgIpc) is 2.76. The van der Waals surface area contributed by atoms with Gasteiger partial charge in [-0.15, -0.1) is 0 Å². The number of aromatic amines is 1. The summed E-state index contributed by atoms with van der Waals surface area (Å²) >= 11 is 5.89. The number of nitrogens with one attached hydrogen (secondary N) is 2. The number of halogens is 1. The molecular formula is C13H13ClN2O.